The van der Waals surface area contributed by atoms with Gasteiger partial charge in [0.2, 0.25) is 11.8 Å². The van der Waals surface area contributed by atoms with Crippen molar-refractivity contribution in [3.63, 3.8) is 0 Å². The molecule has 5 heteroatoms. The molecule has 2 amide bonds. The lowest BCUT2D eigenvalue weighted by Gasteiger charge is -2.38. The van der Waals surface area contributed by atoms with Gasteiger partial charge in [-0.3, -0.25) is 9.59 Å². The Morgan fingerprint density at radius 2 is 2.15 bits per heavy atom. The summed E-state index contributed by atoms with van der Waals surface area (Å²) in [4.78, 5) is 28.0. The fourth-order valence-corrected chi connectivity index (χ4v) is 4.16. The monoisotopic (exact) mass is 358 g/mol. The number of hydrogen-bond acceptors (Lipinski definition) is 3. The van der Waals surface area contributed by atoms with Gasteiger partial charge in [-0.05, 0) is 37.7 Å². The predicted molar refractivity (Wildman–Crippen MR) is 101 cm³/mol. The first-order valence-corrected chi connectivity index (χ1v) is 9.70. The average molecular weight is 358 g/mol. The summed E-state index contributed by atoms with van der Waals surface area (Å²) in [6.45, 7) is 4.90. The standard InChI is InChI=1S/C21H30N2O3/c1-16-5-3-6-17(13-16)14-18-8-11-23(15-19(18)26-2)21(25)9-12-22-10-4-7-20(22)24/h3,5-6,13,18-19H,4,7-12,14-15H2,1-2H3/t18-,19-/m1/s1. The quantitative estimate of drug-likeness (QED) is 0.785. The van der Waals surface area contributed by atoms with Gasteiger partial charge in [0, 0.05) is 46.1 Å². The maximum atomic E-state index is 12.6. The summed E-state index contributed by atoms with van der Waals surface area (Å²) in [5.41, 5.74) is 2.62. The number of piperidine rings is 1. The summed E-state index contributed by atoms with van der Waals surface area (Å²) in [5, 5.41) is 0. The van der Waals surface area contributed by atoms with E-state index in [1.54, 1.807) is 7.11 Å². The first-order valence-electron chi connectivity index (χ1n) is 9.70. The lowest BCUT2D eigenvalue weighted by molar-refractivity contribution is -0.137. The van der Waals surface area contributed by atoms with Crippen LogP contribution in [-0.4, -0.2) is 61.0 Å². The van der Waals surface area contributed by atoms with Crippen molar-refractivity contribution in [1.82, 2.24) is 9.80 Å². The van der Waals surface area contributed by atoms with E-state index in [1.165, 1.54) is 11.1 Å². The number of aryl methyl sites for hydroxylation is 1. The second-order valence-electron chi connectivity index (χ2n) is 7.59. The Bertz CT molecular complexity index is 646. The Morgan fingerprint density at radius 1 is 1.31 bits per heavy atom. The smallest absolute Gasteiger partial charge is 0.224 e. The van der Waals surface area contributed by atoms with Gasteiger partial charge in [0.15, 0.2) is 0 Å². The number of carbonyl (C=O) groups excluding carboxylic acids is 2. The third-order valence-electron chi connectivity index (χ3n) is 5.70. The van der Waals surface area contributed by atoms with Gasteiger partial charge in [0.25, 0.3) is 0 Å². The molecule has 1 aromatic carbocycles. The van der Waals surface area contributed by atoms with Gasteiger partial charge in [-0.2, -0.15) is 0 Å². The molecule has 3 rings (SSSR count). The van der Waals surface area contributed by atoms with Crippen LogP contribution in [0.25, 0.3) is 0 Å². The Morgan fingerprint density at radius 3 is 2.85 bits per heavy atom. The first-order chi connectivity index (χ1) is 12.6. The Hall–Kier alpha value is -1.88. The zero-order valence-corrected chi connectivity index (χ0v) is 15.9. The minimum atomic E-state index is 0.0710. The molecule has 0 saturated carbocycles. The number of methoxy groups -OCH3 is 1. The van der Waals surface area contributed by atoms with Crippen LogP contribution in [0.3, 0.4) is 0 Å². The number of nitrogens with zero attached hydrogens (tertiary/aromatic N) is 2. The largest absolute Gasteiger partial charge is 0.379 e. The van der Waals surface area contributed by atoms with Crippen LogP contribution in [0.5, 0.6) is 0 Å². The molecular formula is C21H30N2O3. The van der Waals surface area contributed by atoms with Crippen LogP contribution in [0.1, 0.15) is 36.8 Å². The number of likely N-dealkylation sites (tertiary alicyclic amines) is 2. The lowest BCUT2D eigenvalue weighted by Crippen LogP contribution is -2.48. The van der Waals surface area contributed by atoms with Crippen molar-refractivity contribution in [1.29, 1.82) is 0 Å². The third kappa shape index (κ3) is 4.64. The third-order valence-corrected chi connectivity index (χ3v) is 5.70. The van der Waals surface area contributed by atoms with Gasteiger partial charge in [-0.1, -0.05) is 29.8 Å². The maximum Gasteiger partial charge on any atom is 0.224 e. The predicted octanol–water partition coefficient (Wildman–Crippen LogP) is 2.41. The zero-order valence-electron chi connectivity index (χ0n) is 15.9. The van der Waals surface area contributed by atoms with Crippen LogP contribution in [0.2, 0.25) is 0 Å². The molecular weight excluding hydrogens is 328 g/mol. The van der Waals surface area contributed by atoms with E-state index in [-0.39, 0.29) is 17.9 Å². The van der Waals surface area contributed by atoms with E-state index in [0.717, 1.165) is 32.4 Å². The van der Waals surface area contributed by atoms with Crippen molar-refractivity contribution in [2.75, 3.05) is 33.3 Å². The van der Waals surface area contributed by atoms with E-state index >= 15 is 0 Å². The molecule has 142 valence electrons. The average Bonchev–Trinajstić information content (AvgIpc) is 3.05. The maximum absolute atomic E-state index is 12.6. The topological polar surface area (TPSA) is 49.9 Å². The molecule has 0 N–H and O–H groups in total. The number of carbonyl (C=O) groups is 2. The van der Waals surface area contributed by atoms with Crippen molar-refractivity contribution in [3.05, 3.63) is 35.4 Å². The summed E-state index contributed by atoms with van der Waals surface area (Å²) in [6, 6.07) is 8.62. The van der Waals surface area contributed by atoms with Crippen LogP contribution >= 0.6 is 0 Å². The molecule has 0 unspecified atom stereocenters. The van der Waals surface area contributed by atoms with Crippen molar-refractivity contribution >= 4 is 11.8 Å². The Balaban J connectivity index is 1.51. The highest BCUT2D eigenvalue weighted by Gasteiger charge is 2.32. The fraction of sp³-hybridized carbons (Fsp3) is 0.619. The molecule has 0 bridgehead atoms. The molecule has 0 radical (unpaired) electrons. The van der Waals surface area contributed by atoms with Crippen LogP contribution < -0.4 is 0 Å². The molecule has 2 saturated heterocycles. The molecule has 0 aromatic heterocycles. The molecule has 2 aliphatic rings. The van der Waals surface area contributed by atoms with Gasteiger partial charge < -0.3 is 14.5 Å². The van der Waals surface area contributed by atoms with E-state index in [1.807, 2.05) is 9.80 Å². The summed E-state index contributed by atoms with van der Waals surface area (Å²) in [6.07, 6.45) is 3.99. The Labute approximate surface area is 156 Å². The second kappa shape index (κ2) is 8.67. The minimum Gasteiger partial charge on any atom is -0.379 e. The van der Waals surface area contributed by atoms with Crippen LogP contribution in [-0.2, 0) is 20.7 Å². The van der Waals surface area contributed by atoms with E-state index in [9.17, 15) is 9.59 Å². The number of ether oxygens (including phenoxy) is 1. The highest BCUT2D eigenvalue weighted by molar-refractivity contribution is 5.80. The van der Waals surface area contributed by atoms with Crippen LogP contribution in [0, 0.1) is 12.8 Å². The number of amides is 2. The molecule has 0 spiro atoms. The van der Waals surface area contributed by atoms with E-state index in [2.05, 4.69) is 31.2 Å². The zero-order chi connectivity index (χ0) is 18.5. The molecule has 2 heterocycles. The van der Waals surface area contributed by atoms with Crippen molar-refractivity contribution < 1.29 is 14.3 Å². The second-order valence-corrected chi connectivity index (χ2v) is 7.59. The van der Waals surface area contributed by atoms with Crippen molar-refractivity contribution in [2.45, 2.75) is 45.1 Å². The van der Waals surface area contributed by atoms with E-state index < -0.39 is 0 Å². The van der Waals surface area contributed by atoms with Gasteiger partial charge in [-0.15, -0.1) is 0 Å². The van der Waals surface area contributed by atoms with Gasteiger partial charge in [-0.25, -0.2) is 0 Å². The molecule has 0 aliphatic carbocycles. The summed E-state index contributed by atoms with van der Waals surface area (Å²) in [5.74, 6) is 0.760. The number of benzene rings is 1. The lowest BCUT2D eigenvalue weighted by atomic mass is 9.87. The van der Waals surface area contributed by atoms with Crippen molar-refractivity contribution in [3.8, 4) is 0 Å². The highest BCUT2D eigenvalue weighted by Crippen LogP contribution is 2.25. The fourth-order valence-electron chi connectivity index (χ4n) is 4.16. The van der Waals surface area contributed by atoms with Crippen LogP contribution in [0.15, 0.2) is 24.3 Å². The van der Waals surface area contributed by atoms with Crippen LogP contribution in [0.4, 0.5) is 0 Å². The molecule has 2 fully saturated rings. The highest BCUT2D eigenvalue weighted by atomic mass is 16.5. The molecule has 1 aromatic rings. The van der Waals surface area contributed by atoms with Crippen molar-refractivity contribution in [2.24, 2.45) is 5.92 Å². The van der Waals surface area contributed by atoms with Gasteiger partial charge in [0.1, 0.15) is 0 Å². The summed E-state index contributed by atoms with van der Waals surface area (Å²) >= 11 is 0. The normalized spacial score (nSPS) is 23.5. The van der Waals surface area contributed by atoms with E-state index in [4.69, 9.17) is 4.74 Å². The van der Waals surface area contributed by atoms with Gasteiger partial charge >= 0.3 is 0 Å². The molecule has 2 aliphatic heterocycles. The number of hydrogen-bond donors (Lipinski definition) is 0. The first kappa shape index (κ1) is 18.9. The summed E-state index contributed by atoms with van der Waals surface area (Å²) in [7, 11) is 1.74. The number of rotatable bonds is 6. The molecule has 26 heavy (non-hydrogen) atoms. The SMILES string of the molecule is CO[C@@H]1CN(C(=O)CCN2CCCC2=O)CC[C@@H]1Cc1cccc(C)c1. The van der Waals surface area contributed by atoms with E-state index in [0.29, 0.717) is 31.8 Å². The molecule has 2 atom stereocenters. The van der Waals surface area contributed by atoms with Gasteiger partial charge in [0.05, 0.1) is 6.10 Å². The molecule has 5 nitrogen and oxygen atoms in total. The minimum absolute atomic E-state index is 0.0710. The summed E-state index contributed by atoms with van der Waals surface area (Å²) < 4.78 is 5.72. The Kier molecular flexibility index (Phi) is 6.30.